The van der Waals surface area contributed by atoms with Gasteiger partial charge in [-0.25, -0.2) is 0 Å². The minimum Gasteiger partial charge on any atom is -0.323 e. The first-order valence-corrected chi connectivity index (χ1v) is 6.35. The zero-order valence-corrected chi connectivity index (χ0v) is 9.95. The molecular formula is C14H20N2. The Morgan fingerprint density at radius 1 is 1.31 bits per heavy atom. The SMILES string of the molecule is Cc1cccc2c1CN1CCCCC1C2N. The van der Waals surface area contributed by atoms with Gasteiger partial charge in [-0.15, -0.1) is 0 Å². The standard InChI is InChI=1S/C14H20N2/c1-10-5-4-6-11-12(10)9-16-8-3-2-7-13(16)14(11)15/h4-6,13-14H,2-3,7-9,15H2,1H3. The summed E-state index contributed by atoms with van der Waals surface area (Å²) < 4.78 is 0. The molecule has 2 aliphatic heterocycles. The maximum atomic E-state index is 6.43. The summed E-state index contributed by atoms with van der Waals surface area (Å²) in [4.78, 5) is 2.59. The number of nitrogens with zero attached hydrogens (tertiary/aromatic N) is 1. The zero-order chi connectivity index (χ0) is 11.1. The van der Waals surface area contributed by atoms with Crippen molar-refractivity contribution < 1.29 is 0 Å². The molecule has 1 saturated heterocycles. The second-order valence-corrected chi connectivity index (χ2v) is 5.20. The van der Waals surface area contributed by atoms with E-state index in [-0.39, 0.29) is 6.04 Å². The van der Waals surface area contributed by atoms with Gasteiger partial charge >= 0.3 is 0 Å². The molecule has 0 saturated carbocycles. The van der Waals surface area contributed by atoms with Crippen LogP contribution in [0.25, 0.3) is 0 Å². The summed E-state index contributed by atoms with van der Waals surface area (Å²) in [6, 6.07) is 7.38. The maximum Gasteiger partial charge on any atom is 0.0456 e. The van der Waals surface area contributed by atoms with Crippen LogP contribution < -0.4 is 5.73 Å². The van der Waals surface area contributed by atoms with Gasteiger partial charge in [0.2, 0.25) is 0 Å². The molecule has 0 radical (unpaired) electrons. The molecule has 0 amide bonds. The Labute approximate surface area is 97.4 Å². The lowest BCUT2D eigenvalue weighted by molar-refractivity contribution is 0.104. The molecule has 2 aliphatic rings. The van der Waals surface area contributed by atoms with Crippen molar-refractivity contribution in [2.24, 2.45) is 5.73 Å². The van der Waals surface area contributed by atoms with Crippen molar-refractivity contribution in [3.05, 3.63) is 34.9 Å². The fourth-order valence-electron chi connectivity index (χ4n) is 3.28. The van der Waals surface area contributed by atoms with Crippen molar-refractivity contribution in [1.29, 1.82) is 0 Å². The van der Waals surface area contributed by atoms with E-state index in [1.165, 1.54) is 42.5 Å². The Hall–Kier alpha value is -0.860. The third kappa shape index (κ3) is 1.48. The molecule has 0 spiro atoms. The summed E-state index contributed by atoms with van der Waals surface area (Å²) in [5, 5.41) is 0. The molecule has 2 heterocycles. The molecule has 2 nitrogen and oxygen atoms in total. The van der Waals surface area contributed by atoms with Crippen LogP contribution in [0.5, 0.6) is 0 Å². The van der Waals surface area contributed by atoms with Crippen LogP contribution in [0.3, 0.4) is 0 Å². The topological polar surface area (TPSA) is 29.3 Å². The molecule has 1 aromatic rings. The quantitative estimate of drug-likeness (QED) is 0.721. The Balaban J connectivity index is 2.03. The highest BCUT2D eigenvalue weighted by atomic mass is 15.2. The molecule has 0 bridgehead atoms. The van der Waals surface area contributed by atoms with Crippen LogP contribution in [-0.4, -0.2) is 17.5 Å². The van der Waals surface area contributed by atoms with Crippen molar-refractivity contribution in [3.63, 3.8) is 0 Å². The van der Waals surface area contributed by atoms with E-state index in [0.29, 0.717) is 6.04 Å². The monoisotopic (exact) mass is 216 g/mol. The summed E-state index contributed by atoms with van der Waals surface area (Å²) in [6.45, 7) is 4.54. The molecule has 2 heteroatoms. The fourth-order valence-corrected chi connectivity index (χ4v) is 3.28. The smallest absolute Gasteiger partial charge is 0.0456 e. The van der Waals surface area contributed by atoms with Crippen LogP contribution in [-0.2, 0) is 6.54 Å². The largest absolute Gasteiger partial charge is 0.323 e. The van der Waals surface area contributed by atoms with E-state index in [0.717, 1.165) is 6.54 Å². The Morgan fingerprint density at radius 2 is 2.19 bits per heavy atom. The van der Waals surface area contributed by atoms with E-state index in [1.807, 2.05) is 0 Å². The van der Waals surface area contributed by atoms with E-state index < -0.39 is 0 Å². The molecule has 2 N–H and O–H groups in total. The van der Waals surface area contributed by atoms with Gasteiger partial charge in [-0.2, -0.15) is 0 Å². The number of hydrogen-bond donors (Lipinski definition) is 1. The van der Waals surface area contributed by atoms with Gasteiger partial charge in [0.25, 0.3) is 0 Å². The first kappa shape index (κ1) is 10.3. The van der Waals surface area contributed by atoms with Gasteiger partial charge in [0, 0.05) is 18.6 Å². The van der Waals surface area contributed by atoms with E-state index in [2.05, 4.69) is 30.0 Å². The molecule has 0 aromatic heterocycles. The molecule has 86 valence electrons. The van der Waals surface area contributed by atoms with Crippen LogP contribution in [0, 0.1) is 6.92 Å². The van der Waals surface area contributed by atoms with Gasteiger partial charge in [0.1, 0.15) is 0 Å². The summed E-state index contributed by atoms with van der Waals surface area (Å²) >= 11 is 0. The Bertz CT molecular complexity index is 400. The summed E-state index contributed by atoms with van der Waals surface area (Å²) in [5.74, 6) is 0. The van der Waals surface area contributed by atoms with Gasteiger partial charge in [0.15, 0.2) is 0 Å². The van der Waals surface area contributed by atoms with Crippen LogP contribution in [0.2, 0.25) is 0 Å². The molecular weight excluding hydrogens is 196 g/mol. The van der Waals surface area contributed by atoms with Crippen molar-refractivity contribution in [2.75, 3.05) is 6.54 Å². The predicted molar refractivity (Wildman–Crippen MR) is 66.2 cm³/mol. The third-order valence-electron chi connectivity index (χ3n) is 4.25. The van der Waals surface area contributed by atoms with Crippen molar-refractivity contribution >= 4 is 0 Å². The maximum absolute atomic E-state index is 6.43. The lowest BCUT2D eigenvalue weighted by atomic mass is 9.83. The fraction of sp³-hybridized carbons (Fsp3) is 0.571. The van der Waals surface area contributed by atoms with Crippen molar-refractivity contribution in [1.82, 2.24) is 4.90 Å². The molecule has 2 unspecified atom stereocenters. The second-order valence-electron chi connectivity index (χ2n) is 5.20. The van der Waals surface area contributed by atoms with Crippen LogP contribution in [0.4, 0.5) is 0 Å². The number of benzene rings is 1. The molecule has 16 heavy (non-hydrogen) atoms. The minimum atomic E-state index is 0.226. The Kier molecular flexibility index (Phi) is 2.49. The third-order valence-corrected chi connectivity index (χ3v) is 4.25. The van der Waals surface area contributed by atoms with E-state index in [1.54, 1.807) is 0 Å². The number of rotatable bonds is 0. The summed E-state index contributed by atoms with van der Waals surface area (Å²) in [5.41, 5.74) is 10.7. The van der Waals surface area contributed by atoms with Gasteiger partial charge in [0.05, 0.1) is 0 Å². The number of nitrogens with two attached hydrogens (primary N) is 1. The average molecular weight is 216 g/mol. The van der Waals surface area contributed by atoms with Gasteiger partial charge < -0.3 is 5.73 Å². The highest BCUT2D eigenvalue weighted by Gasteiger charge is 2.34. The normalized spacial score (nSPS) is 29.6. The number of aryl methyl sites for hydroxylation is 1. The highest BCUT2D eigenvalue weighted by Crippen LogP contribution is 2.36. The van der Waals surface area contributed by atoms with Crippen molar-refractivity contribution in [2.45, 2.75) is 44.8 Å². The first-order valence-electron chi connectivity index (χ1n) is 6.35. The highest BCUT2D eigenvalue weighted by molar-refractivity contribution is 5.39. The number of hydrogen-bond acceptors (Lipinski definition) is 2. The molecule has 0 aliphatic carbocycles. The number of piperidine rings is 1. The minimum absolute atomic E-state index is 0.226. The van der Waals surface area contributed by atoms with Gasteiger partial charge in [-0.3, -0.25) is 4.90 Å². The van der Waals surface area contributed by atoms with Crippen LogP contribution in [0.1, 0.15) is 42.0 Å². The lowest BCUT2D eigenvalue weighted by Crippen LogP contribution is -2.49. The summed E-state index contributed by atoms with van der Waals surface area (Å²) in [6.07, 6.45) is 3.95. The van der Waals surface area contributed by atoms with E-state index >= 15 is 0 Å². The number of fused-ring (bicyclic) bond motifs is 2. The molecule has 1 aromatic carbocycles. The average Bonchev–Trinajstić information content (AvgIpc) is 2.31. The van der Waals surface area contributed by atoms with Crippen molar-refractivity contribution in [3.8, 4) is 0 Å². The van der Waals surface area contributed by atoms with Gasteiger partial charge in [-0.1, -0.05) is 24.6 Å². The van der Waals surface area contributed by atoms with E-state index in [4.69, 9.17) is 5.73 Å². The first-order chi connectivity index (χ1) is 7.77. The summed E-state index contributed by atoms with van der Waals surface area (Å²) in [7, 11) is 0. The van der Waals surface area contributed by atoms with E-state index in [9.17, 15) is 0 Å². The van der Waals surface area contributed by atoms with Crippen LogP contribution >= 0.6 is 0 Å². The molecule has 2 atom stereocenters. The lowest BCUT2D eigenvalue weighted by Gasteiger charge is -2.44. The van der Waals surface area contributed by atoms with Gasteiger partial charge in [-0.05, 0) is 43.0 Å². The molecule has 3 rings (SSSR count). The Morgan fingerprint density at radius 3 is 3.06 bits per heavy atom. The molecule has 1 fully saturated rings. The second kappa shape index (κ2) is 3.86. The van der Waals surface area contributed by atoms with Crippen LogP contribution in [0.15, 0.2) is 18.2 Å². The predicted octanol–water partition coefficient (Wildman–Crippen LogP) is 2.36. The zero-order valence-electron chi connectivity index (χ0n) is 9.95.